The summed E-state index contributed by atoms with van der Waals surface area (Å²) in [6, 6.07) is 4.82. The molecule has 108 valence electrons. The molecule has 0 aliphatic rings. The highest BCUT2D eigenvalue weighted by Gasteiger charge is 2.13. The molecule has 6 heteroatoms. The lowest BCUT2D eigenvalue weighted by atomic mass is 10.1. The molecule has 0 spiro atoms. The van der Waals surface area contributed by atoms with Crippen LogP contribution in [0.3, 0.4) is 0 Å². The van der Waals surface area contributed by atoms with E-state index in [9.17, 15) is 4.39 Å². The molecule has 0 atom stereocenters. The highest BCUT2D eigenvalue weighted by atomic mass is 32.2. The third-order valence-electron chi connectivity index (χ3n) is 2.70. The van der Waals surface area contributed by atoms with Crippen molar-refractivity contribution in [2.45, 2.75) is 42.9 Å². The second-order valence-electron chi connectivity index (χ2n) is 5.68. The summed E-state index contributed by atoms with van der Waals surface area (Å²) in [6.45, 7) is 6.87. The Bertz CT molecular complexity index is 589. The Balaban J connectivity index is 2.21. The van der Waals surface area contributed by atoms with E-state index in [1.807, 2.05) is 11.6 Å². The smallest absolute Gasteiger partial charge is 0.195 e. The molecule has 0 fully saturated rings. The molecular formula is C14H19FN4S. The molecular weight excluding hydrogens is 275 g/mol. The number of nitrogens with one attached hydrogen (secondary N) is 1. The van der Waals surface area contributed by atoms with Crippen molar-refractivity contribution in [2.75, 3.05) is 0 Å². The van der Waals surface area contributed by atoms with E-state index < -0.39 is 0 Å². The van der Waals surface area contributed by atoms with E-state index in [4.69, 9.17) is 0 Å². The second kappa shape index (κ2) is 5.93. The lowest BCUT2D eigenvalue weighted by molar-refractivity contribution is 0.422. The van der Waals surface area contributed by atoms with E-state index in [-0.39, 0.29) is 11.4 Å². The number of nitrogens with zero attached hydrogens (tertiary/aromatic N) is 3. The zero-order valence-electron chi connectivity index (χ0n) is 12.1. The van der Waals surface area contributed by atoms with Gasteiger partial charge in [0, 0.05) is 24.0 Å². The number of rotatable bonds is 4. The van der Waals surface area contributed by atoms with E-state index in [2.05, 4.69) is 36.3 Å². The number of halogens is 1. The van der Waals surface area contributed by atoms with Crippen LogP contribution < -0.4 is 5.32 Å². The quantitative estimate of drug-likeness (QED) is 0.941. The fourth-order valence-corrected chi connectivity index (χ4v) is 2.48. The van der Waals surface area contributed by atoms with E-state index >= 15 is 0 Å². The maximum absolute atomic E-state index is 13.5. The monoisotopic (exact) mass is 294 g/mol. The largest absolute Gasteiger partial charge is 0.311 e. The zero-order chi connectivity index (χ0) is 14.8. The standard InChI is InChI=1S/C14H19FN4S/c1-14(2,3)16-8-10-7-11(15)5-6-12(10)20-13-18-17-9-19(13)4/h5-7,9,16H,8H2,1-4H3. The molecule has 0 bridgehead atoms. The minimum absolute atomic E-state index is 0.0148. The number of aryl methyl sites for hydroxylation is 1. The molecule has 0 saturated carbocycles. The van der Waals surface area contributed by atoms with Gasteiger partial charge in [-0.3, -0.25) is 0 Å². The Morgan fingerprint density at radius 1 is 1.35 bits per heavy atom. The SMILES string of the molecule is Cn1cnnc1Sc1ccc(F)cc1CNC(C)(C)C. The molecule has 4 nitrogen and oxygen atoms in total. The highest BCUT2D eigenvalue weighted by molar-refractivity contribution is 7.99. The van der Waals surface area contributed by atoms with Crippen molar-refractivity contribution >= 4 is 11.8 Å². The van der Waals surface area contributed by atoms with E-state index in [1.165, 1.54) is 17.8 Å². The minimum atomic E-state index is -0.224. The van der Waals surface area contributed by atoms with Crippen LogP contribution in [0.1, 0.15) is 26.3 Å². The molecule has 0 radical (unpaired) electrons. The Hall–Kier alpha value is -1.40. The van der Waals surface area contributed by atoms with Crippen LogP contribution in [0, 0.1) is 5.82 Å². The first kappa shape index (κ1) is 15.0. The summed E-state index contributed by atoms with van der Waals surface area (Å²) in [5.74, 6) is -0.224. The number of benzene rings is 1. The summed E-state index contributed by atoms with van der Waals surface area (Å²) in [7, 11) is 1.89. The molecule has 1 aromatic heterocycles. The Labute approximate surface area is 122 Å². The van der Waals surface area contributed by atoms with Gasteiger partial charge in [0.25, 0.3) is 0 Å². The summed E-state index contributed by atoms with van der Waals surface area (Å²) in [4.78, 5) is 0.985. The summed E-state index contributed by atoms with van der Waals surface area (Å²) in [5.41, 5.74) is 0.909. The Kier molecular flexibility index (Phi) is 4.45. The van der Waals surface area contributed by atoms with Gasteiger partial charge in [0.2, 0.25) is 0 Å². The van der Waals surface area contributed by atoms with Crippen molar-refractivity contribution in [2.24, 2.45) is 7.05 Å². The van der Waals surface area contributed by atoms with Gasteiger partial charge < -0.3 is 9.88 Å². The van der Waals surface area contributed by atoms with Crippen molar-refractivity contribution in [3.05, 3.63) is 35.9 Å². The summed E-state index contributed by atoms with van der Waals surface area (Å²) in [6.07, 6.45) is 1.65. The highest BCUT2D eigenvalue weighted by Crippen LogP contribution is 2.29. The molecule has 2 aromatic rings. The van der Waals surface area contributed by atoms with E-state index in [0.29, 0.717) is 6.54 Å². The maximum Gasteiger partial charge on any atom is 0.195 e. The molecule has 0 aliphatic carbocycles. The van der Waals surface area contributed by atoms with Crippen LogP contribution >= 0.6 is 11.8 Å². The fraction of sp³-hybridized carbons (Fsp3) is 0.429. The van der Waals surface area contributed by atoms with Crippen molar-refractivity contribution in [1.82, 2.24) is 20.1 Å². The van der Waals surface area contributed by atoms with Crippen molar-refractivity contribution in [3.63, 3.8) is 0 Å². The molecule has 0 aliphatic heterocycles. The summed E-state index contributed by atoms with van der Waals surface area (Å²) in [5, 5.41) is 12.1. The van der Waals surface area contributed by atoms with Crippen LogP contribution in [0.15, 0.2) is 34.6 Å². The van der Waals surface area contributed by atoms with Gasteiger partial charge in [0.1, 0.15) is 12.1 Å². The normalized spacial score (nSPS) is 11.8. The van der Waals surface area contributed by atoms with Gasteiger partial charge in [-0.05, 0) is 56.3 Å². The predicted molar refractivity (Wildman–Crippen MR) is 78.1 cm³/mol. The molecule has 1 heterocycles. The third-order valence-corrected chi connectivity index (χ3v) is 3.87. The molecule has 1 aromatic carbocycles. The van der Waals surface area contributed by atoms with Crippen molar-refractivity contribution in [3.8, 4) is 0 Å². The first-order chi connectivity index (χ1) is 9.35. The Morgan fingerprint density at radius 2 is 2.10 bits per heavy atom. The van der Waals surface area contributed by atoms with Gasteiger partial charge in [-0.1, -0.05) is 0 Å². The summed E-state index contributed by atoms with van der Waals surface area (Å²) < 4.78 is 15.3. The molecule has 0 saturated heterocycles. The minimum Gasteiger partial charge on any atom is -0.311 e. The van der Waals surface area contributed by atoms with Crippen LogP contribution in [0.2, 0.25) is 0 Å². The van der Waals surface area contributed by atoms with Crippen LogP contribution in [0.5, 0.6) is 0 Å². The van der Waals surface area contributed by atoms with Crippen LogP contribution in [-0.2, 0) is 13.6 Å². The molecule has 0 amide bonds. The summed E-state index contributed by atoms with van der Waals surface area (Å²) >= 11 is 1.49. The van der Waals surface area contributed by atoms with Gasteiger partial charge in [0.15, 0.2) is 5.16 Å². The Morgan fingerprint density at radius 3 is 2.70 bits per heavy atom. The van der Waals surface area contributed by atoms with Crippen LogP contribution in [0.4, 0.5) is 4.39 Å². The van der Waals surface area contributed by atoms with Crippen molar-refractivity contribution < 1.29 is 4.39 Å². The average molecular weight is 294 g/mol. The molecule has 0 unspecified atom stereocenters. The fourth-order valence-electron chi connectivity index (χ4n) is 1.61. The van der Waals surface area contributed by atoms with Gasteiger partial charge in [-0.2, -0.15) is 0 Å². The third kappa shape index (κ3) is 4.05. The molecule has 2 rings (SSSR count). The van der Waals surface area contributed by atoms with Crippen LogP contribution in [0.25, 0.3) is 0 Å². The van der Waals surface area contributed by atoms with Gasteiger partial charge in [0.05, 0.1) is 0 Å². The van der Waals surface area contributed by atoms with Gasteiger partial charge in [-0.15, -0.1) is 10.2 Å². The first-order valence-corrected chi connectivity index (χ1v) is 7.22. The molecule has 1 N–H and O–H groups in total. The zero-order valence-corrected chi connectivity index (χ0v) is 13.0. The average Bonchev–Trinajstić information content (AvgIpc) is 2.74. The predicted octanol–water partition coefficient (Wildman–Crippen LogP) is 2.99. The lowest BCUT2D eigenvalue weighted by Crippen LogP contribution is -2.35. The number of aromatic nitrogens is 3. The molecule has 20 heavy (non-hydrogen) atoms. The van der Waals surface area contributed by atoms with Gasteiger partial charge >= 0.3 is 0 Å². The first-order valence-electron chi connectivity index (χ1n) is 6.40. The van der Waals surface area contributed by atoms with Crippen molar-refractivity contribution in [1.29, 1.82) is 0 Å². The van der Waals surface area contributed by atoms with E-state index in [0.717, 1.165) is 15.6 Å². The lowest BCUT2D eigenvalue weighted by Gasteiger charge is -2.21. The van der Waals surface area contributed by atoms with E-state index in [1.54, 1.807) is 18.5 Å². The number of hydrogen-bond donors (Lipinski definition) is 1. The van der Waals surface area contributed by atoms with Gasteiger partial charge in [-0.25, -0.2) is 4.39 Å². The maximum atomic E-state index is 13.5. The van der Waals surface area contributed by atoms with Crippen LogP contribution in [-0.4, -0.2) is 20.3 Å². The topological polar surface area (TPSA) is 42.7 Å². The number of hydrogen-bond acceptors (Lipinski definition) is 4. The second-order valence-corrected chi connectivity index (χ2v) is 6.69.